The number of ether oxygens (including phenoxy) is 1. The number of benzene rings is 4. The molecule has 0 spiro atoms. The van der Waals surface area contributed by atoms with Crippen molar-refractivity contribution >= 4 is 0 Å². The zero-order valence-corrected chi connectivity index (χ0v) is 43.3. The van der Waals surface area contributed by atoms with Gasteiger partial charge in [-0.2, -0.15) is 0 Å². The van der Waals surface area contributed by atoms with Gasteiger partial charge in [0.05, 0.1) is 18.5 Å². The monoisotopic (exact) mass is 910 g/mol. The van der Waals surface area contributed by atoms with Crippen molar-refractivity contribution in [2.45, 2.75) is 180 Å². The van der Waals surface area contributed by atoms with Crippen LogP contribution in [-0.2, 0) is 21.7 Å². The molecule has 4 aromatic carbocycles. The molecular weight excluding hydrogens is 831 g/mol. The number of hydrogen-bond acceptors (Lipinski definition) is 4. The van der Waals surface area contributed by atoms with E-state index >= 15 is 0 Å². The molecule has 4 nitrogen and oxygen atoms in total. The van der Waals surface area contributed by atoms with Crippen molar-refractivity contribution in [3.8, 4) is 62.0 Å². The minimum Gasteiger partial charge on any atom is -0.507 e. The molecule has 5 aromatic rings. The molecule has 0 atom stereocenters. The van der Waals surface area contributed by atoms with Crippen molar-refractivity contribution in [3.63, 3.8) is 0 Å². The van der Waals surface area contributed by atoms with Gasteiger partial charge in [0.25, 0.3) is 0 Å². The van der Waals surface area contributed by atoms with Crippen LogP contribution in [0.3, 0.4) is 0 Å². The number of phenols is 2. The Labute approximate surface area is 408 Å². The summed E-state index contributed by atoms with van der Waals surface area (Å²) < 4.78 is 6.24. The molecular formula is C64H79NO3. The lowest BCUT2D eigenvalue weighted by atomic mass is 9.47. The van der Waals surface area contributed by atoms with E-state index in [0.29, 0.717) is 23.3 Å². The standard InChI is InChI=1S/C64H79NO3/c1-36(2)44-12-14-49(53-24-46(61(5,6)7)26-55(59(53)66)63-30-38-16-39(31-63)18-40(17-38)32-63)51(22-44)57-28-48(68-11)29-58(65-57)52-23-45(37(3)4)13-15-50(52)54-25-47(62(8,9)10)27-56(60(54)67)64-33-41-19-42(34-64)21-43(20-41)35-64/h12-15,22-29,36-43,66-67H,16-21,30-35H2,1-11H3. The fourth-order valence-corrected chi connectivity index (χ4v) is 15.9. The summed E-state index contributed by atoms with van der Waals surface area (Å²) >= 11 is 0. The highest BCUT2D eigenvalue weighted by Gasteiger charge is 2.54. The van der Waals surface area contributed by atoms with Crippen LogP contribution in [-0.4, -0.2) is 22.3 Å². The first kappa shape index (κ1) is 45.8. The fourth-order valence-electron chi connectivity index (χ4n) is 15.9. The Morgan fingerprint density at radius 2 is 0.809 bits per heavy atom. The van der Waals surface area contributed by atoms with Crippen LogP contribution in [0.5, 0.6) is 17.2 Å². The molecule has 1 heterocycles. The third-order valence-corrected chi connectivity index (χ3v) is 18.8. The van der Waals surface area contributed by atoms with Crippen LogP contribution in [0, 0.1) is 35.5 Å². The molecule has 0 unspecified atom stereocenters. The zero-order chi connectivity index (χ0) is 47.8. The lowest BCUT2D eigenvalue weighted by Crippen LogP contribution is -2.48. The predicted octanol–water partition coefficient (Wildman–Crippen LogP) is 16.9. The minimum absolute atomic E-state index is 0.0253. The van der Waals surface area contributed by atoms with Crippen LogP contribution in [0.1, 0.15) is 192 Å². The minimum atomic E-state index is -0.109. The molecule has 0 aliphatic heterocycles. The summed E-state index contributed by atoms with van der Waals surface area (Å²) in [6.07, 6.45) is 15.3. The van der Waals surface area contributed by atoms with E-state index in [1.807, 2.05) is 0 Å². The highest BCUT2D eigenvalue weighted by atomic mass is 16.5. The Morgan fingerprint density at radius 1 is 0.471 bits per heavy atom. The smallest absolute Gasteiger partial charge is 0.127 e. The van der Waals surface area contributed by atoms with E-state index in [0.717, 1.165) is 86.0 Å². The van der Waals surface area contributed by atoms with Gasteiger partial charge in [0, 0.05) is 45.5 Å². The highest BCUT2D eigenvalue weighted by Crippen LogP contribution is 2.65. The predicted molar refractivity (Wildman–Crippen MR) is 281 cm³/mol. The van der Waals surface area contributed by atoms with Crippen molar-refractivity contribution in [2.75, 3.05) is 7.11 Å². The average molecular weight is 910 g/mol. The van der Waals surface area contributed by atoms with Crippen LogP contribution < -0.4 is 4.74 Å². The van der Waals surface area contributed by atoms with E-state index < -0.39 is 0 Å². The number of nitrogens with zero attached hydrogens (tertiary/aromatic N) is 1. The molecule has 8 fully saturated rings. The maximum absolute atomic E-state index is 12.9. The molecule has 0 saturated heterocycles. The van der Waals surface area contributed by atoms with Gasteiger partial charge in [-0.25, -0.2) is 4.98 Å². The van der Waals surface area contributed by atoms with Gasteiger partial charge in [0.15, 0.2) is 0 Å². The van der Waals surface area contributed by atoms with Crippen LogP contribution in [0.25, 0.3) is 44.8 Å². The zero-order valence-electron chi connectivity index (χ0n) is 43.3. The summed E-state index contributed by atoms with van der Waals surface area (Å²) in [7, 11) is 1.76. The summed E-state index contributed by atoms with van der Waals surface area (Å²) in [6, 6.07) is 27.2. The molecule has 2 N–H and O–H groups in total. The van der Waals surface area contributed by atoms with Crippen molar-refractivity contribution in [1.29, 1.82) is 0 Å². The SMILES string of the molecule is COc1cc(-c2cc(C(C)C)ccc2-c2cc(C(C)(C)C)cc(C34CC5CC(CC(C5)C3)C4)c2O)nc(-c2cc(C(C)C)ccc2-c2cc(C(C)(C)C)cc(C34CC5CC(CC(C5)C3)C4)c2O)c1. The largest absolute Gasteiger partial charge is 0.507 e. The van der Waals surface area contributed by atoms with Gasteiger partial charge in [0.2, 0.25) is 0 Å². The summed E-state index contributed by atoms with van der Waals surface area (Å²) in [5.41, 5.74) is 14.6. The van der Waals surface area contributed by atoms with Crippen LogP contribution in [0.4, 0.5) is 0 Å². The van der Waals surface area contributed by atoms with Gasteiger partial charge < -0.3 is 14.9 Å². The van der Waals surface area contributed by atoms with Gasteiger partial charge >= 0.3 is 0 Å². The van der Waals surface area contributed by atoms with Crippen LogP contribution in [0.15, 0.2) is 72.8 Å². The molecule has 68 heavy (non-hydrogen) atoms. The molecule has 8 saturated carbocycles. The quantitative estimate of drug-likeness (QED) is 0.155. The summed E-state index contributed by atoms with van der Waals surface area (Å²) in [4.78, 5) is 5.71. The number of phenolic OH excluding ortho intramolecular Hbond substituents is 2. The number of pyridine rings is 1. The van der Waals surface area contributed by atoms with E-state index in [4.69, 9.17) is 9.72 Å². The number of aromatic nitrogens is 1. The fraction of sp³-hybridized carbons (Fsp3) is 0.547. The number of methoxy groups -OCH3 is 1. The van der Waals surface area contributed by atoms with Crippen LogP contribution in [0.2, 0.25) is 0 Å². The van der Waals surface area contributed by atoms with Crippen molar-refractivity contribution in [2.24, 2.45) is 35.5 Å². The first-order chi connectivity index (χ1) is 32.2. The first-order valence-corrected chi connectivity index (χ1v) is 26.8. The number of aromatic hydroxyl groups is 2. The Morgan fingerprint density at radius 3 is 1.10 bits per heavy atom. The molecule has 358 valence electrons. The Kier molecular flexibility index (Phi) is 11.0. The Balaban J connectivity index is 1.11. The number of hydrogen-bond donors (Lipinski definition) is 2. The van der Waals surface area contributed by atoms with Crippen molar-refractivity contribution in [3.05, 3.63) is 106 Å². The molecule has 4 heteroatoms. The molecule has 0 amide bonds. The highest BCUT2D eigenvalue weighted by molar-refractivity contribution is 5.90. The second kappa shape index (κ2) is 16.2. The van der Waals surface area contributed by atoms with E-state index in [2.05, 4.69) is 142 Å². The van der Waals surface area contributed by atoms with Gasteiger partial charge in [-0.3, -0.25) is 0 Å². The molecule has 1 aromatic heterocycles. The molecule has 8 aliphatic rings. The number of rotatable bonds is 9. The normalized spacial score (nSPS) is 28.3. The third kappa shape index (κ3) is 7.81. The third-order valence-electron chi connectivity index (χ3n) is 18.8. The van der Waals surface area contributed by atoms with E-state index in [9.17, 15) is 10.2 Å². The molecule has 8 bridgehead atoms. The van der Waals surface area contributed by atoms with Crippen molar-refractivity contribution < 1.29 is 14.9 Å². The van der Waals surface area contributed by atoms with Gasteiger partial charge in [-0.1, -0.05) is 106 Å². The Bertz CT molecular complexity index is 2540. The van der Waals surface area contributed by atoms with E-state index in [-0.39, 0.29) is 21.7 Å². The maximum Gasteiger partial charge on any atom is 0.127 e. The molecule has 0 radical (unpaired) electrons. The summed E-state index contributed by atoms with van der Waals surface area (Å²) in [5.74, 6) is 6.83. The van der Waals surface area contributed by atoms with E-state index in [1.165, 1.54) is 110 Å². The van der Waals surface area contributed by atoms with Crippen molar-refractivity contribution in [1.82, 2.24) is 4.98 Å². The van der Waals surface area contributed by atoms with Gasteiger partial charge in [0.1, 0.15) is 17.2 Å². The van der Waals surface area contributed by atoms with Gasteiger partial charge in [-0.05, 0) is 204 Å². The first-order valence-electron chi connectivity index (χ1n) is 26.8. The molecule has 8 aliphatic carbocycles. The summed E-state index contributed by atoms with van der Waals surface area (Å²) in [5, 5.41) is 25.9. The maximum atomic E-state index is 12.9. The lowest BCUT2D eigenvalue weighted by molar-refractivity contribution is -0.00631. The topological polar surface area (TPSA) is 62.6 Å². The summed E-state index contributed by atoms with van der Waals surface area (Å²) in [6.45, 7) is 22.9. The average Bonchev–Trinajstić information content (AvgIpc) is 3.27. The van der Waals surface area contributed by atoms with Gasteiger partial charge in [-0.15, -0.1) is 0 Å². The van der Waals surface area contributed by atoms with Crippen LogP contribution >= 0.6 is 0 Å². The Hall–Kier alpha value is -4.57. The second-order valence-corrected chi connectivity index (χ2v) is 26.4. The lowest BCUT2D eigenvalue weighted by Gasteiger charge is -2.57. The second-order valence-electron chi connectivity index (χ2n) is 26.4. The van der Waals surface area contributed by atoms with E-state index in [1.54, 1.807) is 7.11 Å². The molecule has 13 rings (SSSR count).